The van der Waals surface area contributed by atoms with Crippen molar-refractivity contribution in [2.24, 2.45) is 11.8 Å². The number of nitrogens with one attached hydrogen (secondary N) is 2. The lowest BCUT2D eigenvalue weighted by Gasteiger charge is -2.38. The van der Waals surface area contributed by atoms with Gasteiger partial charge in [-0.2, -0.15) is 0 Å². The molecular formula is C21H28N4O5S. The highest BCUT2D eigenvalue weighted by Crippen LogP contribution is 2.32. The summed E-state index contributed by atoms with van der Waals surface area (Å²) in [4.78, 5) is 37.8. The van der Waals surface area contributed by atoms with Gasteiger partial charge in [0.25, 0.3) is 5.91 Å². The highest BCUT2D eigenvalue weighted by atomic mass is 32.2. The van der Waals surface area contributed by atoms with Crippen LogP contribution in [0.4, 0.5) is 5.69 Å². The molecule has 1 heterocycles. The molecule has 0 radical (unpaired) electrons. The molecule has 0 bridgehead atoms. The largest absolute Gasteiger partial charge is 0.352 e. The SMILES string of the molecule is CCS(=O)(=O)N(C)CCCNC(=O)c1cccc(N2NC(=O)C3CC=CCC3C2=O)c1. The Hall–Kier alpha value is -2.72. The van der Waals surface area contributed by atoms with E-state index >= 15 is 0 Å². The van der Waals surface area contributed by atoms with Crippen LogP contribution in [0.2, 0.25) is 0 Å². The fourth-order valence-electron chi connectivity index (χ4n) is 3.73. The first kappa shape index (κ1) is 23.0. The maximum Gasteiger partial charge on any atom is 0.251 e. The molecule has 0 saturated carbocycles. The molecule has 2 aliphatic rings. The summed E-state index contributed by atoms with van der Waals surface area (Å²) in [6.07, 6.45) is 5.38. The topological polar surface area (TPSA) is 116 Å². The molecule has 3 amide bonds. The number of hydrogen-bond donors (Lipinski definition) is 2. The Bertz CT molecular complexity index is 991. The highest BCUT2D eigenvalue weighted by Gasteiger charge is 2.42. The van der Waals surface area contributed by atoms with Gasteiger partial charge in [0.2, 0.25) is 21.8 Å². The summed E-state index contributed by atoms with van der Waals surface area (Å²) in [5.74, 6) is -1.44. The van der Waals surface area contributed by atoms with Crippen molar-refractivity contribution >= 4 is 33.4 Å². The van der Waals surface area contributed by atoms with Gasteiger partial charge in [0.1, 0.15) is 0 Å². The summed E-state index contributed by atoms with van der Waals surface area (Å²) < 4.78 is 24.8. The molecule has 1 aromatic carbocycles. The first-order valence-electron chi connectivity index (χ1n) is 10.4. The lowest BCUT2D eigenvalue weighted by Crippen LogP contribution is -2.59. The number of hydrogen-bond acceptors (Lipinski definition) is 5. The van der Waals surface area contributed by atoms with Crippen LogP contribution < -0.4 is 15.8 Å². The second-order valence-electron chi connectivity index (χ2n) is 7.69. The molecule has 1 aromatic rings. The molecule has 1 aliphatic carbocycles. The molecule has 2 atom stereocenters. The van der Waals surface area contributed by atoms with E-state index < -0.39 is 15.9 Å². The molecule has 1 aliphatic heterocycles. The summed E-state index contributed by atoms with van der Waals surface area (Å²) in [6.45, 7) is 2.20. The Balaban J connectivity index is 1.61. The molecule has 168 valence electrons. The third-order valence-electron chi connectivity index (χ3n) is 5.67. The quantitative estimate of drug-likeness (QED) is 0.456. The average molecular weight is 449 g/mol. The first-order valence-corrected chi connectivity index (χ1v) is 12.0. The molecule has 3 rings (SSSR count). The molecule has 1 fully saturated rings. The van der Waals surface area contributed by atoms with Crippen LogP contribution in [-0.4, -0.2) is 56.3 Å². The van der Waals surface area contributed by atoms with Gasteiger partial charge in [-0.1, -0.05) is 18.2 Å². The Morgan fingerprint density at radius 3 is 2.65 bits per heavy atom. The van der Waals surface area contributed by atoms with E-state index in [9.17, 15) is 22.8 Å². The monoisotopic (exact) mass is 448 g/mol. The second kappa shape index (κ2) is 9.61. The van der Waals surface area contributed by atoms with Gasteiger partial charge in [0, 0.05) is 25.7 Å². The van der Waals surface area contributed by atoms with Gasteiger partial charge in [-0.05, 0) is 44.4 Å². The number of sulfonamides is 1. The number of allylic oxidation sites excluding steroid dienone is 2. The lowest BCUT2D eigenvalue weighted by atomic mass is 9.80. The Morgan fingerprint density at radius 1 is 1.23 bits per heavy atom. The summed E-state index contributed by atoms with van der Waals surface area (Å²) >= 11 is 0. The van der Waals surface area contributed by atoms with Crippen LogP contribution >= 0.6 is 0 Å². The van der Waals surface area contributed by atoms with Gasteiger partial charge in [-0.25, -0.2) is 17.7 Å². The van der Waals surface area contributed by atoms with E-state index in [2.05, 4.69) is 10.7 Å². The Kier molecular flexibility index (Phi) is 7.11. The van der Waals surface area contributed by atoms with E-state index in [4.69, 9.17) is 0 Å². The third-order valence-corrected chi connectivity index (χ3v) is 7.53. The molecule has 2 N–H and O–H groups in total. The van der Waals surface area contributed by atoms with Gasteiger partial charge in [-0.3, -0.25) is 19.8 Å². The summed E-state index contributed by atoms with van der Waals surface area (Å²) in [5, 5.41) is 3.99. The van der Waals surface area contributed by atoms with E-state index in [1.807, 2.05) is 12.2 Å². The molecule has 31 heavy (non-hydrogen) atoms. The van der Waals surface area contributed by atoms with Crippen molar-refractivity contribution in [3.05, 3.63) is 42.0 Å². The highest BCUT2D eigenvalue weighted by molar-refractivity contribution is 7.89. The molecule has 0 aromatic heterocycles. The number of nitrogens with zero attached hydrogens (tertiary/aromatic N) is 2. The number of amides is 3. The first-order chi connectivity index (χ1) is 14.7. The minimum Gasteiger partial charge on any atom is -0.352 e. The number of carbonyl (C=O) groups is 3. The van der Waals surface area contributed by atoms with Crippen molar-refractivity contribution in [1.82, 2.24) is 15.0 Å². The third kappa shape index (κ3) is 5.13. The summed E-state index contributed by atoms with van der Waals surface area (Å²) in [5.41, 5.74) is 3.42. The lowest BCUT2D eigenvalue weighted by molar-refractivity contribution is -0.139. The van der Waals surface area contributed by atoms with E-state index in [0.29, 0.717) is 43.6 Å². The Labute approximate surface area is 182 Å². The van der Waals surface area contributed by atoms with Crippen molar-refractivity contribution in [3.63, 3.8) is 0 Å². The van der Waals surface area contributed by atoms with Crippen molar-refractivity contribution in [2.45, 2.75) is 26.2 Å². The van der Waals surface area contributed by atoms with Crippen LogP contribution in [0.1, 0.15) is 36.5 Å². The minimum absolute atomic E-state index is 0.0340. The fourth-order valence-corrected chi connectivity index (χ4v) is 4.58. The number of benzene rings is 1. The van der Waals surface area contributed by atoms with Crippen molar-refractivity contribution < 1.29 is 22.8 Å². The van der Waals surface area contributed by atoms with E-state index in [0.717, 1.165) is 0 Å². The minimum atomic E-state index is -3.24. The maximum absolute atomic E-state index is 12.9. The molecule has 2 unspecified atom stereocenters. The number of carbonyl (C=O) groups excluding carboxylic acids is 3. The molecular weight excluding hydrogens is 420 g/mol. The molecule has 10 heteroatoms. The van der Waals surface area contributed by atoms with Gasteiger partial charge in [-0.15, -0.1) is 0 Å². The number of hydrazine groups is 1. The zero-order valence-electron chi connectivity index (χ0n) is 17.7. The van der Waals surface area contributed by atoms with Crippen LogP contribution in [0, 0.1) is 11.8 Å². The smallest absolute Gasteiger partial charge is 0.251 e. The summed E-state index contributed by atoms with van der Waals surface area (Å²) in [6, 6.07) is 6.49. The van der Waals surface area contributed by atoms with Gasteiger partial charge in [0.05, 0.1) is 23.3 Å². The zero-order chi connectivity index (χ0) is 22.6. The van der Waals surface area contributed by atoms with Crippen LogP contribution in [-0.2, 0) is 19.6 Å². The van der Waals surface area contributed by atoms with E-state index in [-0.39, 0.29) is 29.4 Å². The van der Waals surface area contributed by atoms with Gasteiger partial charge < -0.3 is 5.32 Å². The van der Waals surface area contributed by atoms with Crippen molar-refractivity contribution in [3.8, 4) is 0 Å². The standard InChI is InChI=1S/C21H28N4O5S/c1-3-31(29,30)24(2)13-7-12-22-19(26)15-8-6-9-16(14-15)25-21(28)18-11-5-4-10-17(18)20(27)23-25/h4-6,8-9,14,17-18H,3,7,10-13H2,1-2H3,(H,22,26)(H,23,27). The van der Waals surface area contributed by atoms with Crippen LogP contribution in [0.5, 0.6) is 0 Å². The van der Waals surface area contributed by atoms with Gasteiger partial charge in [0.15, 0.2) is 0 Å². The van der Waals surface area contributed by atoms with Crippen LogP contribution in [0.3, 0.4) is 0 Å². The molecule has 0 spiro atoms. The van der Waals surface area contributed by atoms with Crippen LogP contribution in [0.25, 0.3) is 0 Å². The van der Waals surface area contributed by atoms with Crippen LogP contribution in [0.15, 0.2) is 36.4 Å². The van der Waals surface area contributed by atoms with E-state index in [1.54, 1.807) is 31.2 Å². The molecule has 9 nitrogen and oxygen atoms in total. The normalized spacial score (nSPS) is 21.1. The van der Waals surface area contributed by atoms with Crippen molar-refractivity contribution in [2.75, 3.05) is 30.9 Å². The number of anilines is 1. The zero-order valence-corrected chi connectivity index (χ0v) is 18.5. The second-order valence-corrected chi connectivity index (χ2v) is 10.1. The number of fused-ring (bicyclic) bond motifs is 1. The van der Waals surface area contributed by atoms with Gasteiger partial charge >= 0.3 is 0 Å². The summed E-state index contributed by atoms with van der Waals surface area (Å²) in [7, 11) is -1.73. The predicted molar refractivity (Wildman–Crippen MR) is 116 cm³/mol. The predicted octanol–water partition coefficient (Wildman–Crippen LogP) is 1.05. The van der Waals surface area contributed by atoms with E-state index in [1.165, 1.54) is 16.4 Å². The fraction of sp³-hybridized carbons (Fsp3) is 0.476. The van der Waals surface area contributed by atoms with Crippen molar-refractivity contribution in [1.29, 1.82) is 0 Å². The number of rotatable bonds is 8. The maximum atomic E-state index is 12.9. The average Bonchev–Trinajstić information content (AvgIpc) is 2.78. The molecule has 1 saturated heterocycles. The Morgan fingerprint density at radius 2 is 1.94 bits per heavy atom.